The van der Waals surface area contributed by atoms with Crippen LogP contribution in [0.3, 0.4) is 0 Å². The summed E-state index contributed by atoms with van der Waals surface area (Å²) in [6, 6.07) is 6.51. The van der Waals surface area contributed by atoms with Gasteiger partial charge in [-0.2, -0.15) is 0 Å². The molecule has 1 aromatic carbocycles. The van der Waals surface area contributed by atoms with Crippen molar-refractivity contribution in [2.45, 2.75) is 288 Å². The molecule has 5 heteroatoms. The maximum Gasteiger partial charge on any atom is 1.00 e. The zero-order valence-corrected chi connectivity index (χ0v) is 41.3. The second kappa shape index (κ2) is 44.3. The Kier molecular flexibility index (Phi) is 44.9. The van der Waals surface area contributed by atoms with Crippen LogP contribution < -0.4 is 51.4 Å². The second-order valence-electron chi connectivity index (χ2n) is 17.3. The van der Waals surface area contributed by atoms with Gasteiger partial charge >= 0.3 is 51.4 Å². The minimum Gasteiger partial charge on any atom is -0.744 e. The van der Waals surface area contributed by atoms with Crippen molar-refractivity contribution in [2.24, 2.45) is 0 Å². The number of aryl methyl sites for hydroxylation is 1. The fourth-order valence-corrected chi connectivity index (χ4v) is 8.87. The van der Waals surface area contributed by atoms with Crippen LogP contribution in [-0.4, -0.2) is 13.0 Å². The summed E-state index contributed by atoms with van der Waals surface area (Å²) >= 11 is 0. The molecule has 0 radical (unpaired) electrons. The van der Waals surface area contributed by atoms with E-state index in [1.807, 2.05) is 6.07 Å². The van der Waals surface area contributed by atoms with E-state index in [1.165, 1.54) is 275 Å². The summed E-state index contributed by atoms with van der Waals surface area (Å²) in [7, 11) is -4.35. The van der Waals surface area contributed by atoms with E-state index in [0.717, 1.165) is 18.4 Å². The average molecular weight is 813 g/mol. The van der Waals surface area contributed by atoms with E-state index in [-0.39, 0.29) is 56.3 Å². The minimum absolute atomic E-state index is 0. The zero-order chi connectivity index (χ0) is 38.9. The predicted octanol–water partition coefficient (Wildman–Crippen LogP) is 14.5. The Labute approximate surface area is 388 Å². The SMILES string of the molecule is CCCCCCCCCCCCCCCCCCCCCCCCCCCCCCCCCCCCCCCCCCCCc1cccc(S(=O)(=O)[O-])c1.[K+]. The van der Waals surface area contributed by atoms with Crippen molar-refractivity contribution in [3.63, 3.8) is 0 Å². The largest absolute Gasteiger partial charge is 1.00 e. The Morgan fingerprint density at radius 1 is 0.364 bits per heavy atom. The summed E-state index contributed by atoms with van der Waals surface area (Å²) in [5.41, 5.74) is 0.953. The van der Waals surface area contributed by atoms with Crippen LogP contribution in [0.25, 0.3) is 0 Å². The first kappa shape index (κ1) is 55.8. The molecule has 0 spiro atoms. The van der Waals surface area contributed by atoms with Crippen molar-refractivity contribution in [3.05, 3.63) is 29.8 Å². The second-order valence-corrected chi connectivity index (χ2v) is 18.7. The van der Waals surface area contributed by atoms with Crippen LogP contribution in [0.4, 0.5) is 0 Å². The summed E-state index contributed by atoms with van der Waals surface area (Å²) in [4.78, 5) is -0.105. The molecule has 318 valence electrons. The normalized spacial score (nSPS) is 11.7. The van der Waals surface area contributed by atoms with Gasteiger partial charge in [0.05, 0.1) is 4.90 Å². The van der Waals surface area contributed by atoms with Gasteiger partial charge in [0.25, 0.3) is 0 Å². The first-order chi connectivity index (χ1) is 26.5. The van der Waals surface area contributed by atoms with E-state index in [0.29, 0.717) is 0 Å². The molecule has 0 atom stereocenters. The maximum atomic E-state index is 11.2. The van der Waals surface area contributed by atoms with Gasteiger partial charge in [0.2, 0.25) is 0 Å². The number of rotatable bonds is 44. The standard InChI is InChI=1S/C50H94O3S.K/c1-2-3-4-5-6-7-8-9-10-11-12-13-14-15-16-17-18-19-20-21-22-23-24-25-26-27-28-29-30-31-32-33-34-35-36-37-38-39-40-41-42-43-45-49-46-44-47-50(48-49)54(51,52)53;/h44,46-48H,2-43,45H2,1H3,(H,51,52,53);/q;+1/p-1. The van der Waals surface area contributed by atoms with Crippen LogP contribution in [-0.2, 0) is 16.5 Å². The molecule has 0 saturated heterocycles. The Morgan fingerprint density at radius 2 is 0.582 bits per heavy atom. The van der Waals surface area contributed by atoms with Crippen molar-refractivity contribution in [1.82, 2.24) is 0 Å². The predicted molar refractivity (Wildman–Crippen MR) is 238 cm³/mol. The molecule has 0 amide bonds. The monoisotopic (exact) mass is 813 g/mol. The summed E-state index contributed by atoms with van der Waals surface area (Å²) in [6.45, 7) is 2.31. The molecule has 0 unspecified atom stereocenters. The smallest absolute Gasteiger partial charge is 0.744 e. The quantitative estimate of drug-likeness (QED) is 0.0375. The molecule has 0 aromatic heterocycles. The fourth-order valence-electron chi connectivity index (χ4n) is 8.33. The number of hydrogen-bond donors (Lipinski definition) is 0. The molecule has 3 nitrogen and oxygen atoms in total. The van der Waals surface area contributed by atoms with E-state index in [1.54, 1.807) is 6.07 Å². The Bertz CT molecular complexity index is 997. The molecular weight excluding hydrogens is 720 g/mol. The topological polar surface area (TPSA) is 57.2 Å². The van der Waals surface area contributed by atoms with Gasteiger partial charge in [0.1, 0.15) is 10.1 Å². The summed E-state index contributed by atoms with van der Waals surface area (Å²) < 4.78 is 33.5. The minimum atomic E-state index is -4.35. The Morgan fingerprint density at radius 3 is 0.800 bits per heavy atom. The molecule has 55 heavy (non-hydrogen) atoms. The van der Waals surface area contributed by atoms with Crippen molar-refractivity contribution >= 4 is 10.1 Å². The van der Waals surface area contributed by atoms with Crippen LogP contribution >= 0.6 is 0 Å². The molecule has 0 bridgehead atoms. The molecule has 1 aromatic rings. The van der Waals surface area contributed by atoms with Crippen LogP contribution in [0.1, 0.15) is 282 Å². The van der Waals surface area contributed by atoms with Gasteiger partial charge in [-0.15, -0.1) is 0 Å². The maximum absolute atomic E-state index is 11.2. The van der Waals surface area contributed by atoms with Crippen molar-refractivity contribution in [1.29, 1.82) is 0 Å². The van der Waals surface area contributed by atoms with Gasteiger partial charge in [0.15, 0.2) is 0 Å². The first-order valence-electron chi connectivity index (χ1n) is 24.6. The molecule has 0 aliphatic carbocycles. The first-order valence-corrected chi connectivity index (χ1v) is 26.0. The Balaban J connectivity index is 0.0000292. The molecular formula is C50H93KO3S. The van der Waals surface area contributed by atoms with Gasteiger partial charge in [-0.1, -0.05) is 282 Å². The molecule has 0 heterocycles. The number of hydrogen-bond acceptors (Lipinski definition) is 3. The van der Waals surface area contributed by atoms with Gasteiger partial charge < -0.3 is 4.55 Å². The van der Waals surface area contributed by atoms with Crippen LogP contribution in [0.2, 0.25) is 0 Å². The van der Waals surface area contributed by atoms with Gasteiger partial charge in [-0.05, 0) is 30.5 Å². The van der Waals surface area contributed by atoms with Crippen molar-refractivity contribution < 1.29 is 64.4 Å². The molecule has 1 rings (SSSR count). The Hall–Kier alpha value is 0.766. The van der Waals surface area contributed by atoms with Gasteiger partial charge in [0, 0.05) is 0 Å². The average Bonchev–Trinajstić information content (AvgIpc) is 3.16. The molecule has 0 saturated carbocycles. The van der Waals surface area contributed by atoms with E-state index >= 15 is 0 Å². The molecule has 0 fully saturated rings. The van der Waals surface area contributed by atoms with E-state index in [2.05, 4.69) is 6.92 Å². The van der Waals surface area contributed by atoms with Crippen LogP contribution in [0.5, 0.6) is 0 Å². The number of benzene rings is 1. The van der Waals surface area contributed by atoms with Gasteiger partial charge in [-0.3, -0.25) is 0 Å². The van der Waals surface area contributed by atoms with Crippen molar-refractivity contribution in [3.8, 4) is 0 Å². The molecule has 0 aliphatic heterocycles. The summed E-state index contributed by atoms with van der Waals surface area (Å²) in [5, 5.41) is 0. The zero-order valence-electron chi connectivity index (χ0n) is 37.3. The third-order valence-electron chi connectivity index (χ3n) is 12.0. The van der Waals surface area contributed by atoms with Crippen LogP contribution in [0.15, 0.2) is 29.2 Å². The molecule has 0 N–H and O–H groups in total. The van der Waals surface area contributed by atoms with E-state index in [9.17, 15) is 13.0 Å². The van der Waals surface area contributed by atoms with Gasteiger partial charge in [-0.25, -0.2) is 8.42 Å². The third kappa shape index (κ3) is 41.3. The summed E-state index contributed by atoms with van der Waals surface area (Å²) in [6.07, 6.45) is 60.9. The number of unbranched alkanes of at least 4 members (excludes halogenated alkanes) is 41. The van der Waals surface area contributed by atoms with Crippen molar-refractivity contribution in [2.75, 3.05) is 0 Å². The third-order valence-corrected chi connectivity index (χ3v) is 12.8. The molecule has 0 aliphatic rings. The van der Waals surface area contributed by atoms with Crippen LogP contribution in [0, 0.1) is 0 Å². The summed E-state index contributed by atoms with van der Waals surface area (Å²) in [5.74, 6) is 0. The fraction of sp³-hybridized carbons (Fsp3) is 0.880. The van der Waals surface area contributed by atoms with E-state index < -0.39 is 10.1 Å². The van der Waals surface area contributed by atoms with E-state index in [4.69, 9.17) is 0 Å².